The fourth-order valence-corrected chi connectivity index (χ4v) is 9.55. The quantitative estimate of drug-likeness (QED) is 0.182. The average molecular weight is 762 g/mol. The predicted molar refractivity (Wildman–Crippen MR) is 211 cm³/mol. The highest BCUT2D eigenvalue weighted by Crippen LogP contribution is 2.68. The van der Waals surface area contributed by atoms with Crippen LogP contribution in [0.15, 0.2) is 70.9 Å². The van der Waals surface area contributed by atoms with Crippen LogP contribution in [-0.4, -0.2) is 51.8 Å². The summed E-state index contributed by atoms with van der Waals surface area (Å²) in [4.78, 5) is 43.2. The van der Waals surface area contributed by atoms with Gasteiger partial charge in [0.15, 0.2) is 34.3 Å². The molecule has 9 rings (SSSR count). The molecule has 1 saturated heterocycles. The summed E-state index contributed by atoms with van der Waals surface area (Å²) < 4.78 is 31.9. The standard InChI is InChI=1S/C46H51NO9/c1-25(2)10-9-17-44(8)18-16-30-37(48)36-38(49)32-21-29-22-35-43(6,7)56-45(41(29)50,46(32,35)55-40(36)31(39(30)54-44)13-11-26(3)4)19-15-27(5)42(51)47-23-28-12-14-33-34(20-28)53-24-52-33/h10-12,14-16,18,20-21,29,35,48H,9,13,17,19,22-24H2,1-8H3,(H,47,51). The van der Waals surface area contributed by atoms with Gasteiger partial charge in [0.2, 0.25) is 12.7 Å². The second kappa shape index (κ2) is 13.3. The van der Waals surface area contributed by atoms with E-state index in [-0.39, 0.29) is 60.2 Å². The van der Waals surface area contributed by atoms with Crippen LogP contribution in [0, 0.1) is 11.8 Å². The van der Waals surface area contributed by atoms with E-state index in [4.69, 9.17) is 23.7 Å². The maximum Gasteiger partial charge on any atom is 0.246 e. The Bertz CT molecular complexity index is 2230. The topological polar surface area (TPSA) is 130 Å². The zero-order chi connectivity index (χ0) is 39.9. The fraction of sp³-hybridized carbons (Fsp3) is 0.457. The van der Waals surface area contributed by atoms with E-state index in [0.29, 0.717) is 58.8 Å². The number of rotatable bonds is 10. The van der Waals surface area contributed by atoms with Gasteiger partial charge in [-0.3, -0.25) is 14.4 Å². The molecule has 3 aliphatic carbocycles. The number of amides is 1. The molecule has 56 heavy (non-hydrogen) atoms. The van der Waals surface area contributed by atoms with Gasteiger partial charge in [-0.25, -0.2) is 0 Å². The van der Waals surface area contributed by atoms with Crippen molar-refractivity contribution >= 4 is 23.5 Å². The molecule has 0 radical (unpaired) electrons. The zero-order valence-corrected chi connectivity index (χ0v) is 33.5. The maximum atomic E-state index is 15.0. The van der Waals surface area contributed by atoms with Crippen molar-refractivity contribution in [2.24, 2.45) is 11.8 Å². The third kappa shape index (κ3) is 5.74. The number of phenols is 1. The van der Waals surface area contributed by atoms with Crippen LogP contribution in [0.2, 0.25) is 0 Å². The van der Waals surface area contributed by atoms with Crippen LogP contribution in [0.1, 0.15) is 108 Å². The van der Waals surface area contributed by atoms with E-state index in [1.807, 2.05) is 71.0 Å². The van der Waals surface area contributed by atoms with E-state index in [2.05, 4.69) is 25.2 Å². The molecule has 10 nitrogen and oxygen atoms in total. The fourth-order valence-electron chi connectivity index (χ4n) is 9.55. The van der Waals surface area contributed by atoms with Crippen molar-refractivity contribution in [3.05, 3.63) is 93.1 Å². The summed E-state index contributed by atoms with van der Waals surface area (Å²) in [6, 6.07) is 5.52. The zero-order valence-electron chi connectivity index (χ0n) is 33.5. The lowest BCUT2D eigenvalue weighted by atomic mass is 9.51. The molecule has 1 saturated carbocycles. The van der Waals surface area contributed by atoms with Crippen molar-refractivity contribution in [2.45, 2.75) is 116 Å². The molecule has 4 heterocycles. The van der Waals surface area contributed by atoms with Gasteiger partial charge in [-0.1, -0.05) is 41.5 Å². The summed E-state index contributed by atoms with van der Waals surface area (Å²) in [6.07, 6.45) is 13.8. The summed E-state index contributed by atoms with van der Waals surface area (Å²) in [5, 5.41) is 14.9. The Morgan fingerprint density at radius 3 is 2.46 bits per heavy atom. The van der Waals surface area contributed by atoms with Crippen LogP contribution in [0.3, 0.4) is 0 Å². The van der Waals surface area contributed by atoms with Gasteiger partial charge in [0.1, 0.15) is 28.4 Å². The Hall–Kier alpha value is -5.09. The lowest BCUT2D eigenvalue weighted by Gasteiger charge is -2.56. The SMILES string of the molecule is CC(C)=CCCC1(C)C=Cc2c(O)c3c(c(CC=C(C)C)c2O1)OC12C(=CC4CC1C(C)(C)OC2(CC=C(C)C(=O)NCc1ccc2c(c1)OCO2)C4=O)C3=O. The Morgan fingerprint density at radius 2 is 1.71 bits per heavy atom. The van der Waals surface area contributed by atoms with Crippen molar-refractivity contribution < 1.29 is 43.2 Å². The van der Waals surface area contributed by atoms with Gasteiger partial charge in [0.25, 0.3) is 0 Å². The third-order valence-corrected chi connectivity index (χ3v) is 12.4. The highest BCUT2D eigenvalue weighted by Gasteiger charge is 2.81. The molecule has 0 aromatic heterocycles. The molecule has 294 valence electrons. The van der Waals surface area contributed by atoms with Gasteiger partial charge in [0, 0.05) is 41.5 Å². The van der Waals surface area contributed by atoms with Gasteiger partial charge in [-0.2, -0.15) is 0 Å². The first-order valence-electron chi connectivity index (χ1n) is 19.6. The summed E-state index contributed by atoms with van der Waals surface area (Å²) in [5.41, 5.74) is 0.314. The van der Waals surface area contributed by atoms with Crippen molar-refractivity contribution in [3.8, 4) is 28.7 Å². The van der Waals surface area contributed by atoms with E-state index < -0.39 is 28.3 Å². The van der Waals surface area contributed by atoms with E-state index in [1.54, 1.807) is 19.1 Å². The number of hydrogen-bond donors (Lipinski definition) is 2. The number of carbonyl (C=O) groups is 3. The van der Waals surface area contributed by atoms with Crippen molar-refractivity contribution in [1.82, 2.24) is 5.32 Å². The molecule has 5 unspecified atom stereocenters. The highest BCUT2D eigenvalue weighted by molar-refractivity contribution is 6.19. The number of phenolic OH excluding ortho intramolecular Hbond substituents is 1. The first kappa shape index (κ1) is 37.8. The largest absolute Gasteiger partial charge is 0.506 e. The molecule has 10 heteroatoms. The Morgan fingerprint density at radius 1 is 0.964 bits per heavy atom. The van der Waals surface area contributed by atoms with Crippen LogP contribution in [0.25, 0.3) is 6.08 Å². The number of fused-ring (bicyclic) bond motifs is 3. The lowest BCUT2D eigenvalue weighted by Crippen LogP contribution is -2.72. The Balaban J connectivity index is 1.19. The van der Waals surface area contributed by atoms with Gasteiger partial charge >= 0.3 is 0 Å². The average Bonchev–Trinajstić information content (AvgIpc) is 3.67. The first-order chi connectivity index (χ1) is 26.5. The van der Waals surface area contributed by atoms with E-state index in [9.17, 15) is 14.7 Å². The molecular weight excluding hydrogens is 711 g/mol. The van der Waals surface area contributed by atoms with Crippen LogP contribution < -0.4 is 24.3 Å². The van der Waals surface area contributed by atoms with E-state index >= 15 is 4.79 Å². The van der Waals surface area contributed by atoms with Crippen LogP contribution in [0.4, 0.5) is 0 Å². The smallest absolute Gasteiger partial charge is 0.246 e. The lowest BCUT2D eigenvalue weighted by molar-refractivity contribution is -0.171. The van der Waals surface area contributed by atoms with Gasteiger partial charge in [-0.15, -0.1) is 0 Å². The molecule has 2 fully saturated rings. The molecule has 4 aliphatic heterocycles. The Labute approximate surface area is 328 Å². The monoisotopic (exact) mass is 761 g/mol. The second-order valence-corrected chi connectivity index (χ2v) is 17.3. The minimum Gasteiger partial charge on any atom is -0.506 e. The molecular formula is C46H51NO9. The number of hydrogen-bond acceptors (Lipinski definition) is 9. The number of ketones is 2. The maximum absolute atomic E-state index is 15.0. The van der Waals surface area contributed by atoms with E-state index in [1.165, 1.54) is 5.57 Å². The van der Waals surface area contributed by atoms with E-state index in [0.717, 1.165) is 17.6 Å². The predicted octanol–water partition coefficient (Wildman–Crippen LogP) is 8.20. The number of aromatic hydroxyl groups is 1. The second-order valence-electron chi connectivity index (χ2n) is 17.3. The third-order valence-electron chi connectivity index (χ3n) is 12.4. The summed E-state index contributed by atoms with van der Waals surface area (Å²) in [6.45, 7) is 16.2. The van der Waals surface area contributed by atoms with Gasteiger partial charge < -0.3 is 34.1 Å². The minimum atomic E-state index is -1.61. The van der Waals surface area contributed by atoms with Crippen LogP contribution in [0.5, 0.6) is 28.7 Å². The normalized spacial score (nSPS) is 28.4. The van der Waals surface area contributed by atoms with Crippen molar-refractivity contribution in [1.29, 1.82) is 0 Å². The molecule has 5 atom stereocenters. The molecule has 4 bridgehead atoms. The molecule has 1 amide bonds. The number of carbonyl (C=O) groups excluding carboxylic acids is 3. The minimum absolute atomic E-state index is 0.00733. The number of Topliss-reactive ketones (excluding diaryl/α,β-unsaturated/α-hetero) is 2. The van der Waals surface area contributed by atoms with Crippen molar-refractivity contribution in [2.75, 3.05) is 6.79 Å². The molecule has 7 aliphatic rings. The molecule has 2 aromatic rings. The van der Waals surface area contributed by atoms with Gasteiger partial charge in [0.05, 0.1) is 11.2 Å². The Kier molecular flexibility index (Phi) is 8.95. The molecule has 2 aromatic carbocycles. The number of allylic oxidation sites excluding steroid dienone is 5. The summed E-state index contributed by atoms with van der Waals surface area (Å²) >= 11 is 0. The molecule has 1 spiro atoms. The summed E-state index contributed by atoms with van der Waals surface area (Å²) in [5.74, 6) is -0.0696. The van der Waals surface area contributed by atoms with Crippen LogP contribution in [-0.2, 0) is 27.3 Å². The number of benzene rings is 2. The van der Waals surface area contributed by atoms with Gasteiger partial charge in [-0.05, 0) is 111 Å². The first-order valence-corrected chi connectivity index (χ1v) is 19.6. The molecule has 2 N–H and O–H groups in total. The van der Waals surface area contributed by atoms with Crippen LogP contribution >= 0.6 is 0 Å². The highest BCUT2D eigenvalue weighted by atomic mass is 16.7. The number of ether oxygens (including phenoxy) is 5. The van der Waals surface area contributed by atoms with Crippen molar-refractivity contribution in [3.63, 3.8) is 0 Å². The number of nitrogens with one attached hydrogen (secondary N) is 1. The summed E-state index contributed by atoms with van der Waals surface area (Å²) in [7, 11) is 0.